The van der Waals surface area contributed by atoms with E-state index < -0.39 is 0 Å². The molecule has 0 aromatic rings. The average molecular weight is 284 g/mol. The molecular formula is C17H30ClN. The number of nitrogens with zero attached hydrogens (tertiary/aromatic N) is 1. The van der Waals surface area contributed by atoms with Gasteiger partial charge in [0.15, 0.2) is 0 Å². The molecular weight excluding hydrogens is 254 g/mol. The summed E-state index contributed by atoms with van der Waals surface area (Å²) in [5.41, 5.74) is 0.788. The highest BCUT2D eigenvalue weighted by Crippen LogP contribution is 2.61. The van der Waals surface area contributed by atoms with Gasteiger partial charge in [-0.25, -0.2) is 0 Å². The van der Waals surface area contributed by atoms with Gasteiger partial charge in [0.05, 0.1) is 0 Å². The van der Waals surface area contributed by atoms with Gasteiger partial charge in [-0.05, 0) is 101 Å². The number of halogens is 1. The highest BCUT2D eigenvalue weighted by atomic mass is 35.5. The van der Waals surface area contributed by atoms with Crippen LogP contribution >= 0.6 is 12.4 Å². The van der Waals surface area contributed by atoms with Gasteiger partial charge in [0, 0.05) is 6.04 Å². The lowest BCUT2D eigenvalue weighted by Crippen LogP contribution is -2.48. The zero-order valence-corrected chi connectivity index (χ0v) is 13.3. The van der Waals surface area contributed by atoms with Crippen molar-refractivity contribution in [2.45, 2.75) is 70.8 Å². The molecule has 0 amide bonds. The Hall–Kier alpha value is 0.250. The smallest absolute Gasteiger partial charge is 0.00722 e. The molecule has 4 aliphatic carbocycles. The Morgan fingerprint density at radius 2 is 1.42 bits per heavy atom. The summed E-state index contributed by atoms with van der Waals surface area (Å²) in [6, 6.07) is 0.865. The third kappa shape index (κ3) is 2.58. The van der Waals surface area contributed by atoms with Gasteiger partial charge in [0.25, 0.3) is 0 Å². The maximum Gasteiger partial charge on any atom is 0.00722 e. The predicted molar refractivity (Wildman–Crippen MR) is 82.7 cm³/mol. The van der Waals surface area contributed by atoms with Crippen molar-refractivity contribution >= 4 is 12.4 Å². The molecule has 1 heterocycles. The highest BCUT2D eigenvalue weighted by Gasteiger charge is 2.51. The first kappa shape index (κ1) is 14.2. The minimum absolute atomic E-state index is 0. The van der Waals surface area contributed by atoms with Gasteiger partial charge in [0.1, 0.15) is 0 Å². The first-order valence-corrected chi connectivity index (χ1v) is 8.46. The number of likely N-dealkylation sites (tertiary alicyclic amines) is 1. The maximum absolute atomic E-state index is 2.78. The van der Waals surface area contributed by atoms with Crippen molar-refractivity contribution in [1.82, 2.24) is 4.90 Å². The van der Waals surface area contributed by atoms with E-state index in [9.17, 15) is 0 Å². The second-order valence-corrected chi connectivity index (χ2v) is 8.21. The van der Waals surface area contributed by atoms with Crippen molar-refractivity contribution in [3.05, 3.63) is 0 Å². The van der Waals surface area contributed by atoms with Crippen LogP contribution in [0.5, 0.6) is 0 Å². The van der Waals surface area contributed by atoms with E-state index in [0.717, 1.165) is 29.2 Å². The Morgan fingerprint density at radius 3 is 1.89 bits per heavy atom. The molecule has 5 fully saturated rings. The second-order valence-electron chi connectivity index (χ2n) is 8.21. The fourth-order valence-electron chi connectivity index (χ4n) is 6.48. The van der Waals surface area contributed by atoms with E-state index in [1.165, 1.54) is 32.4 Å². The Balaban J connectivity index is 0.00000110. The van der Waals surface area contributed by atoms with Gasteiger partial charge in [-0.1, -0.05) is 0 Å². The SMILES string of the molecule is CC(CC12CC3CC(CC(C3)C1)C2)N1CCCC1.Cl. The lowest BCUT2D eigenvalue weighted by Gasteiger charge is -2.58. The van der Waals surface area contributed by atoms with Gasteiger partial charge in [-0.2, -0.15) is 0 Å². The third-order valence-corrected chi connectivity index (χ3v) is 6.66. The van der Waals surface area contributed by atoms with E-state index in [1.807, 2.05) is 0 Å². The van der Waals surface area contributed by atoms with Gasteiger partial charge < -0.3 is 4.90 Å². The zero-order valence-electron chi connectivity index (χ0n) is 12.4. The fraction of sp³-hybridized carbons (Fsp3) is 1.00. The van der Waals surface area contributed by atoms with Crippen LogP contribution in [0.15, 0.2) is 0 Å². The lowest BCUT2D eigenvalue weighted by atomic mass is 9.48. The average Bonchev–Trinajstić information content (AvgIpc) is 2.79. The summed E-state index contributed by atoms with van der Waals surface area (Å²) in [6.45, 7) is 5.28. The molecule has 0 radical (unpaired) electrons. The Kier molecular flexibility index (Phi) is 3.90. The monoisotopic (exact) mass is 283 g/mol. The fourth-order valence-corrected chi connectivity index (χ4v) is 6.48. The van der Waals surface area contributed by atoms with Crippen LogP contribution in [0.1, 0.15) is 64.7 Å². The van der Waals surface area contributed by atoms with E-state index in [0.29, 0.717) is 0 Å². The van der Waals surface area contributed by atoms with Crippen LogP contribution in [0.3, 0.4) is 0 Å². The Bertz CT molecular complexity index is 286. The quantitative estimate of drug-likeness (QED) is 0.737. The topological polar surface area (TPSA) is 3.24 Å². The molecule has 4 bridgehead atoms. The molecule has 4 saturated carbocycles. The number of hydrogen-bond donors (Lipinski definition) is 0. The first-order valence-electron chi connectivity index (χ1n) is 8.46. The molecule has 2 heteroatoms. The molecule has 110 valence electrons. The molecule has 19 heavy (non-hydrogen) atoms. The van der Waals surface area contributed by atoms with E-state index in [1.54, 1.807) is 38.5 Å². The van der Waals surface area contributed by atoms with Crippen LogP contribution in [0.4, 0.5) is 0 Å². The van der Waals surface area contributed by atoms with Gasteiger partial charge in [-0.3, -0.25) is 0 Å². The molecule has 0 N–H and O–H groups in total. The molecule has 1 unspecified atom stereocenters. The largest absolute Gasteiger partial charge is 0.301 e. The van der Waals surface area contributed by atoms with Crippen LogP contribution in [0, 0.1) is 23.2 Å². The molecule has 0 spiro atoms. The van der Waals surface area contributed by atoms with Crippen molar-refractivity contribution in [3.8, 4) is 0 Å². The third-order valence-electron chi connectivity index (χ3n) is 6.66. The summed E-state index contributed by atoms with van der Waals surface area (Å²) >= 11 is 0. The van der Waals surface area contributed by atoms with E-state index in [-0.39, 0.29) is 12.4 Å². The second kappa shape index (κ2) is 5.22. The summed E-state index contributed by atoms with van der Waals surface area (Å²) in [5.74, 6) is 3.38. The maximum atomic E-state index is 2.78. The van der Waals surface area contributed by atoms with Crippen molar-refractivity contribution < 1.29 is 0 Å². The summed E-state index contributed by atoms with van der Waals surface area (Å²) < 4.78 is 0. The molecule has 1 aliphatic heterocycles. The van der Waals surface area contributed by atoms with Crippen molar-refractivity contribution in [1.29, 1.82) is 0 Å². The molecule has 5 rings (SSSR count). The summed E-state index contributed by atoms with van der Waals surface area (Å²) in [6.07, 6.45) is 14.0. The van der Waals surface area contributed by atoms with Crippen LogP contribution < -0.4 is 0 Å². The minimum atomic E-state index is 0. The predicted octanol–water partition coefficient (Wildman–Crippen LogP) is 4.50. The van der Waals surface area contributed by atoms with Crippen LogP contribution in [-0.4, -0.2) is 24.0 Å². The van der Waals surface area contributed by atoms with Gasteiger partial charge >= 0.3 is 0 Å². The van der Waals surface area contributed by atoms with Crippen LogP contribution in [0.25, 0.3) is 0 Å². The minimum Gasteiger partial charge on any atom is -0.301 e. The molecule has 1 nitrogen and oxygen atoms in total. The van der Waals surface area contributed by atoms with Gasteiger partial charge in [-0.15, -0.1) is 12.4 Å². The molecule has 1 saturated heterocycles. The van der Waals surface area contributed by atoms with Crippen LogP contribution in [0.2, 0.25) is 0 Å². The standard InChI is InChI=1S/C17H29N.ClH/c1-13(18-4-2-3-5-18)9-17-10-14-6-15(11-17)8-16(7-14)12-17;/h13-16H,2-12H2,1H3;1H. The Morgan fingerprint density at radius 1 is 0.947 bits per heavy atom. The normalized spacial score (nSPS) is 46.3. The Labute approximate surface area is 124 Å². The van der Waals surface area contributed by atoms with Crippen molar-refractivity contribution in [3.63, 3.8) is 0 Å². The number of hydrogen-bond acceptors (Lipinski definition) is 1. The van der Waals surface area contributed by atoms with E-state index in [4.69, 9.17) is 0 Å². The zero-order chi connectivity index (χ0) is 12.2. The van der Waals surface area contributed by atoms with E-state index in [2.05, 4.69) is 11.8 Å². The van der Waals surface area contributed by atoms with E-state index >= 15 is 0 Å². The van der Waals surface area contributed by atoms with Crippen molar-refractivity contribution in [2.75, 3.05) is 13.1 Å². The first-order chi connectivity index (χ1) is 8.72. The van der Waals surface area contributed by atoms with Gasteiger partial charge in [0.2, 0.25) is 0 Å². The lowest BCUT2D eigenvalue weighted by molar-refractivity contribution is -0.0672. The summed E-state index contributed by atoms with van der Waals surface area (Å²) in [5, 5.41) is 0. The highest BCUT2D eigenvalue weighted by molar-refractivity contribution is 5.85. The summed E-state index contributed by atoms with van der Waals surface area (Å²) in [4.78, 5) is 2.78. The molecule has 5 aliphatic rings. The van der Waals surface area contributed by atoms with Crippen LogP contribution in [-0.2, 0) is 0 Å². The summed E-state index contributed by atoms with van der Waals surface area (Å²) in [7, 11) is 0. The number of rotatable bonds is 3. The molecule has 1 atom stereocenters. The van der Waals surface area contributed by atoms with Crippen molar-refractivity contribution in [2.24, 2.45) is 23.2 Å². The molecule has 0 aromatic heterocycles. The molecule has 0 aromatic carbocycles.